The van der Waals surface area contributed by atoms with Crippen molar-refractivity contribution < 1.29 is 24.3 Å². The van der Waals surface area contributed by atoms with Gasteiger partial charge in [-0.1, -0.05) is 45.0 Å². The summed E-state index contributed by atoms with van der Waals surface area (Å²) in [5.41, 5.74) is 12.5. The van der Waals surface area contributed by atoms with Crippen LogP contribution in [0.15, 0.2) is 24.3 Å². The monoisotopic (exact) mass is 507 g/mol. The average molecular weight is 508 g/mol. The highest BCUT2D eigenvalue weighted by Crippen LogP contribution is 2.28. The number of amides is 3. The molecule has 1 aromatic carbocycles. The van der Waals surface area contributed by atoms with Gasteiger partial charge in [0.1, 0.15) is 12.1 Å². The van der Waals surface area contributed by atoms with E-state index in [2.05, 4.69) is 23.3 Å². The Hall–Kier alpha value is -2.63. The molecule has 4 atom stereocenters. The van der Waals surface area contributed by atoms with Gasteiger partial charge in [0.2, 0.25) is 17.7 Å². The molecule has 10 nitrogen and oxygen atoms in total. The first-order chi connectivity index (χ1) is 16.3. The van der Waals surface area contributed by atoms with Crippen molar-refractivity contribution in [1.82, 2.24) is 15.5 Å². The first-order valence-corrected chi connectivity index (χ1v) is 12.3. The number of aliphatic carboxylic acids is 1. The lowest BCUT2D eigenvalue weighted by atomic mass is 9.84. The number of thiol groups is 1. The van der Waals surface area contributed by atoms with E-state index in [0.717, 1.165) is 11.1 Å². The topological polar surface area (TPSA) is 168 Å². The van der Waals surface area contributed by atoms with Crippen molar-refractivity contribution in [3.05, 3.63) is 35.4 Å². The minimum atomic E-state index is -1.30. The van der Waals surface area contributed by atoms with Gasteiger partial charge in [-0.25, -0.2) is 4.79 Å². The van der Waals surface area contributed by atoms with Crippen molar-refractivity contribution in [2.24, 2.45) is 16.9 Å². The van der Waals surface area contributed by atoms with Crippen LogP contribution < -0.4 is 22.1 Å². The maximum absolute atomic E-state index is 13.9. The number of hydrogen-bond donors (Lipinski definition) is 6. The maximum atomic E-state index is 13.9. The summed E-state index contributed by atoms with van der Waals surface area (Å²) in [7, 11) is 0. The van der Waals surface area contributed by atoms with E-state index in [0.29, 0.717) is 12.3 Å². The quantitative estimate of drug-likeness (QED) is 0.230. The van der Waals surface area contributed by atoms with Crippen LogP contribution in [0.4, 0.5) is 0 Å². The number of carboxylic acid groups (broad SMARTS) is 1. The lowest BCUT2D eigenvalue weighted by Crippen LogP contribution is -2.61. The van der Waals surface area contributed by atoms with Gasteiger partial charge < -0.3 is 32.1 Å². The Morgan fingerprint density at radius 1 is 1.20 bits per heavy atom. The van der Waals surface area contributed by atoms with Crippen LogP contribution in [0.2, 0.25) is 0 Å². The van der Waals surface area contributed by atoms with E-state index in [1.165, 1.54) is 4.90 Å². The largest absolute Gasteiger partial charge is 0.480 e. The average Bonchev–Trinajstić information content (AvgIpc) is 2.79. The molecule has 1 aliphatic heterocycles. The standard InChI is InChI=1S/C24H37N5O5S/c1-24(2,3)20(27-11-16(25)13-35)22(32)29-12-15-7-5-4-6-14(15)10-18(29)21(31)28-17(23(33)34)8-9-19(26)30/h4-7,16-18,20,27,35H,8-13,25H2,1-3H3,(H2,26,30)(H,28,31)(H,33,34)/t16-,17-,18+,20+/m0/s1. The van der Waals surface area contributed by atoms with Crippen LogP contribution in [0.3, 0.4) is 0 Å². The van der Waals surface area contributed by atoms with Gasteiger partial charge in [0.05, 0.1) is 6.04 Å². The van der Waals surface area contributed by atoms with Gasteiger partial charge in [-0.15, -0.1) is 0 Å². The molecule has 0 aromatic heterocycles. The van der Waals surface area contributed by atoms with Crippen molar-refractivity contribution >= 4 is 36.3 Å². The Labute approximate surface area is 211 Å². The van der Waals surface area contributed by atoms with Crippen molar-refractivity contribution in [3.8, 4) is 0 Å². The summed E-state index contributed by atoms with van der Waals surface area (Å²) in [5, 5.41) is 15.3. The molecule has 0 saturated heterocycles. The van der Waals surface area contributed by atoms with E-state index in [4.69, 9.17) is 11.5 Å². The van der Waals surface area contributed by atoms with E-state index < -0.39 is 41.3 Å². The number of fused-ring (bicyclic) bond motifs is 1. The number of carbonyl (C=O) groups is 4. The van der Waals surface area contributed by atoms with E-state index in [1.807, 2.05) is 45.0 Å². The van der Waals surface area contributed by atoms with Gasteiger partial charge in [-0.2, -0.15) is 12.6 Å². The second kappa shape index (κ2) is 12.4. The summed E-state index contributed by atoms with van der Waals surface area (Å²) in [5.74, 6) is -2.36. The first kappa shape index (κ1) is 28.6. The molecule has 1 aromatic rings. The summed E-state index contributed by atoms with van der Waals surface area (Å²) < 4.78 is 0. The number of rotatable bonds is 11. The van der Waals surface area contributed by atoms with E-state index in [1.54, 1.807) is 0 Å². The van der Waals surface area contributed by atoms with Crippen LogP contribution in [0.25, 0.3) is 0 Å². The molecule has 11 heteroatoms. The highest BCUT2D eigenvalue weighted by molar-refractivity contribution is 7.80. The lowest BCUT2D eigenvalue weighted by molar-refractivity contribution is -0.147. The Balaban J connectivity index is 2.35. The molecule has 1 heterocycles. The minimum absolute atomic E-state index is 0.137. The van der Waals surface area contributed by atoms with Crippen molar-refractivity contribution in [2.75, 3.05) is 12.3 Å². The SMILES string of the molecule is CC(C)(C)[C@H](NC[C@H](N)CS)C(=O)N1Cc2ccccc2C[C@@H]1C(=O)N[C@@H](CCC(N)=O)C(=O)O. The zero-order valence-electron chi connectivity index (χ0n) is 20.5. The molecular weight excluding hydrogens is 470 g/mol. The molecule has 7 N–H and O–H groups in total. The Morgan fingerprint density at radius 3 is 2.37 bits per heavy atom. The summed E-state index contributed by atoms with van der Waals surface area (Å²) in [6.07, 6.45) is -0.0841. The molecular formula is C24H37N5O5S. The lowest BCUT2D eigenvalue weighted by Gasteiger charge is -2.41. The normalized spacial score (nSPS) is 18.2. The predicted octanol–water partition coefficient (Wildman–Crippen LogP) is 0.0362. The van der Waals surface area contributed by atoms with E-state index in [-0.39, 0.29) is 37.8 Å². The van der Waals surface area contributed by atoms with Gasteiger partial charge in [0, 0.05) is 37.7 Å². The zero-order chi connectivity index (χ0) is 26.3. The minimum Gasteiger partial charge on any atom is -0.480 e. The zero-order valence-corrected chi connectivity index (χ0v) is 21.4. The van der Waals surface area contributed by atoms with Crippen molar-refractivity contribution in [2.45, 2.75) is 70.7 Å². The number of nitrogens with one attached hydrogen (secondary N) is 2. The molecule has 0 bridgehead atoms. The molecule has 35 heavy (non-hydrogen) atoms. The molecule has 0 radical (unpaired) electrons. The summed E-state index contributed by atoms with van der Waals surface area (Å²) >= 11 is 4.20. The molecule has 1 aliphatic rings. The summed E-state index contributed by atoms with van der Waals surface area (Å²) in [6, 6.07) is 4.43. The molecule has 3 amide bonds. The van der Waals surface area contributed by atoms with Crippen molar-refractivity contribution in [3.63, 3.8) is 0 Å². The Kier molecular flexibility index (Phi) is 10.1. The molecule has 0 fully saturated rings. The number of nitrogens with two attached hydrogens (primary N) is 2. The van der Waals surface area contributed by atoms with Crippen LogP contribution in [0.5, 0.6) is 0 Å². The van der Waals surface area contributed by atoms with Gasteiger partial charge in [0.15, 0.2) is 0 Å². The number of carboxylic acids is 1. The predicted molar refractivity (Wildman–Crippen MR) is 136 cm³/mol. The number of carbonyl (C=O) groups excluding carboxylic acids is 3. The van der Waals surface area contributed by atoms with E-state index in [9.17, 15) is 24.3 Å². The number of nitrogens with zero attached hydrogens (tertiary/aromatic N) is 1. The number of hydrogen-bond acceptors (Lipinski definition) is 7. The van der Waals surface area contributed by atoms with Crippen molar-refractivity contribution in [1.29, 1.82) is 0 Å². The second-order valence-corrected chi connectivity index (χ2v) is 10.4. The van der Waals surface area contributed by atoms with Crippen LogP contribution in [0.1, 0.15) is 44.7 Å². The van der Waals surface area contributed by atoms with Crippen LogP contribution in [-0.4, -0.2) is 70.2 Å². The highest BCUT2D eigenvalue weighted by Gasteiger charge is 2.41. The summed E-state index contributed by atoms with van der Waals surface area (Å²) in [6.45, 7) is 6.34. The second-order valence-electron chi connectivity index (χ2n) is 10.0. The highest BCUT2D eigenvalue weighted by atomic mass is 32.1. The summed E-state index contributed by atoms with van der Waals surface area (Å²) in [4.78, 5) is 51.5. The van der Waals surface area contributed by atoms with Crippen LogP contribution in [-0.2, 0) is 32.1 Å². The fraction of sp³-hybridized carbons (Fsp3) is 0.583. The van der Waals surface area contributed by atoms with Gasteiger partial charge >= 0.3 is 5.97 Å². The molecule has 0 saturated carbocycles. The van der Waals surface area contributed by atoms with Gasteiger partial charge in [-0.05, 0) is 23.0 Å². The fourth-order valence-electron chi connectivity index (χ4n) is 4.06. The molecule has 2 rings (SSSR count). The fourth-order valence-corrected chi connectivity index (χ4v) is 4.19. The molecule has 194 valence electrons. The smallest absolute Gasteiger partial charge is 0.326 e. The third-order valence-electron chi connectivity index (χ3n) is 6.06. The molecule has 0 spiro atoms. The molecule has 0 aliphatic carbocycles. The number of benzene rings is 1. The van der Waals surface area contributed by atoms with Gasteiger partial charge in [-0.3, -0.25) is 14.4 Å². The Morgan fingerprint density at radius 2 is 1.83 bits per heavy atom. The molecule has 0 unspecified atom stereocenters. The Bertz CT molecular complexity index is 935. The van der Waals surface area contributed by atoms with E-state index >= 15 is 0 Å². The maximum Gasteiger partial charge on any atom is 0.326 e. The van der Waals surface area contributed by atoms with Crippen LogP contribution in [0, 0.1) is 5.41 Å². The first-order valence-electron chi connectivity index (χ1n) is 11.6. The third kappa shape index (κ3) is 7.94. The van der Waals surface area contributed by atoms with Crippen LogP contribution >= 0.6 is 12.6 Å². The van der Waals surface area contributed by atoms with Gasteiger partial charge in [0.25, 0.3) is 0 Å². The number of primary amides is 1. The third-order valence-corrected chi connectivity index (χ3v) is 6.53.